The molecule has 1 aliphatic rings. The second-order valence-corrected chi connectivity index (χ2v) is 7.55. The molecule has 7 nitrogen and oxygen atoms in total. The molecule has 142 valence electrons. The number of thiophene rings is 1. The van der Waals surface area contributed by atoms with Gasteiger partial charge in [0.15, 0.2) is 0 Å². The van der Waals surface area contributed by atoms with Crippen LogP contribution in [0.3, 0.4) is 0 Å². The van der Waals surface area contributed by atoms with Crippen molar-refractivity contribution in [2.45, 2.75) is 19.9 Å². The highest BCUT2D eigenvalue weighted by Crippen LogP contribution is 2.34. The van der Waals surface area contributed by atoms with Gasteiger partial charge in [0.25, 0.3) is 5.91 Å². The normalized spacial score (nSPS) is 15.4. The zero-order chi connectivity index (χ0) is 19.8. The van der Waals surface area contributed by atoms with Crippen LogP contribution in [-0.2, 0) is 4.79 Å². The number of allylic oxidation sites excluding steroid dienone is 1. The molecule has 3 heterocycles. The number of nitrogens with one attached hydrogen (secondary N) is 2. The number of carboxylic acid groups (broad SMARTS) is 1. The van der Waals surface area contributed by atoms with Crippen LogP contribution in [0.4, 0.5) is 11.5 Å². The number of aryl methyl sites for hydroxylation is 2. The number of hydrogen-bond donors (Lipinski definition) is 3. The smallest absolute Gasteiger partial charge is 0.352 e. The number of carbonyl (C=O) groups is 2. The molecule has 0 bridgehead atoms. The summed E-state index contributed by atoms with van der Waals surface area (Å²) in [5.74, 6) is -1.08. The fraction of sp³-hybridized carbons (Fsp3) is 0.150. The van der Waals surface area contributed by atoms with Crippen LogP contribution in [0.1, 0.15) is 32.4 Å². The van der Waals surface area contributed by atoms with Gasteiger partial charge in [-0.2, -0.15) is 5.10 Å². The van der Waals surface area contributed by atoms with E-state index in [0.717, 1.165) is 16.0 Å². The van der Waals surface area contributed by atoms with E-state index in [9.17, 15) is 14.7 Å². The van der Waals surface area contributed by atoms with Gasteiger partial charge in [0.05, 0.1) is 6.20 Å². The molecule has 0 saturated carbocycles. The van der Waals surface area contributed by atoms with E-state index in [0.29, 0.717) is 11.5 Å². The van der Waals surface area contributed by atoms with E-state index >= 15 is 0 Å². The molecule has 0 fully saturated rings. The number of carboxylic acids is 1. The fourth-order valence-corrected chi connectivity index (χ4v) is 3.84. The van der Waals surface area contributed by atoms with Gasteiger partial charge < -0.3 is 15.7 Å². The molecule has 2 aromatic heterocycles. The number of aliphatic carboxylic acids is 1. The van der Waals surface area contributed by atoms with Crippen molar-refractivity contribution in [3.05, 3.63) is 75.2 Å². The summed E-state index contributed by atoms with van der Waals surface area (Å²) >= 11 is 1.50. The van der Waals surface area contributed by atoms with Crippen LogP contribution < -0.4 is 10.6 Å². The highest BCUT2D eigenvalue weighted by atomic mass is 32.1. The van der Waals surface area contributed by atoms with Gasteiger partial charge in [-0.25, -0.2) is 9.48 Å². The maximum Gasteiger partial charge on any atom is 0.352 e. The van der Waals surface area contributed by atoms with Crippen LogP contribution in [-0.4, -0.2) is 26.8 Å². The van der Waals surface area contributed by atoms with Crippen LogP contribution in [0.2, 0.25) is 0 Å². The standard InChI is InChI=1S/C20H18N4O3S/c1-11-5-6-13(8-12(11)2)22-19(25)14-10-21-24-16(17-4-3-7-28-17)9-15(20(26)27)23-18(14)24/h3-10,16,23H,1-2H3,(H,22,25)(H,26,27). The Balaban J connectivity index is 1.69. The largest absolute Gasteiger partial charge is 0.477 e. The van der Waals surface area contributed by atoms with Crippen molar-refractivity contribution >= 4 is 34.7 Å². The summed E-state index contributed by atoms with van der Waals surface area (Å²) in [4.78, 5) is 25.4. The van der Waals surface area contributed by atoms with E-state index < -0.39 is 5.97 Å². The van der Waals surface area contributed by atoms with Gasteiger partial charge in [-0.1, -0.05) is 12.1 Å². The summed E-state index contributed by atoms with van der Waals surface area (Å²) < 4.78 is 1.63. The van der Waals surface area contributed by atoms with Crippen molar-refractivity contribution in [3.63, 3.8) is 0 Å². The number of hydrogen-bond acceptors (Lipinski definition) is 5. The van der Waals surface area contributed by atoms with Gasteiger partial charge in [-0.15, -0.1) is 11.3 Å². The molecule has 4 rings (SSSR count). The molecular weight excluding hydrogens is 376 g/mol. The quantitative estimate of drug-likeness (QED) is 0.626. The highest BCUT2D eigenvalue weighted by molar-refractivity contribution is 7.10. The minimum atomic E-state index is -1.09. The van der Waals surface area contributed by atoms with E-state index in [1.165, 1.54) is 17.5 Å². The number of benzene rings is 1. The third-order valence-corrected chi connectivity index (χ3v) is 5.65. The summed E-state index contributed by atoms with van der Waals surface area (Å²) in [6.45, 7) is 3.98. The Bertz CT molecular complexity index is 1100. The van der Waals surface area contributed by atoms with E-state index in [2.05, 4.69) is 15.7 Å². The van der Waals surface area contributed by atoms with Gasteiger partial charge >= 0.3 is 5.97 Å². The number of aromatic nitrogens is 2. The highest BCUT2D eigenvalue weighted by Gasteiger charge is 2.29. The molecule has 0 saturated heterocycles. The predicted octanol–water partition coefficient (Wildman–Crippen LogP) is 3.80. The second-order valence-electron chi connectivity index (χ2n) is 6.58. The molecule has 3 aromatic rings. The predicted molar refractivity (Wildman–Crippen MR) is 108 cm³/mol. The fourth-order valence-electron chi connectivity index (χ4n) is 3.07. The van der Waals surface area contributed by atoms with E-state index in [4.69, 9.17) is 0 Å². The third kappa shape index (κ3) is 3.18. The Kier molecular flexibility index (Phi) is 4.48. The van der Waals surface area contributed by atoms with Gasteiger partial charge in [0, 0.05) is 10.6 Å². The van der Waals surface area contributed by atoms with Crippen molar-refractivity contribution in [3.8, 4) is 0 Å². The zero-order valence-corrected chi connectivity index (χ0v) is 16.1. The average Bonchev–Trinajstić information content (AvgIpc) is 3.33. The Hall–Kier alpha value is -3.39. The lowest BCUT2D eigenvalue weighted by Gasteiger charge is -2.23. The summed E-state index contributed by atoms with van der Waals surface area (Å²) in [6.07, 6.45) is 3.05. The van der Waals surface area contributed by atoms with Gasteiger partial charge in [0.2, 0.25) is 0 Å². The Morgan fingerprint density at radius 1 is 1.25 bits per heavy atom. The lowest BCUT2D eigenvalue weighted by atomic mass is 10.1. The number of rotatable bonds is 4. The lowest BCUT2D eigenvalue weighted by molar-refractivity contribution is -0.132. The second kappa shape index (κ2) is 6.97. The number of nitrogens with zero attached hydrogens (tertiary/aromatic N) is 2. The molecule has 28 heavy (non-hydrogen) atoms. The number of amides is 1. The summed E-state index contributed by atoms with van der Waals surface area (Å²) in [5.41, 5.74) is 3.19. The molecule has 1 atom stereocenters. The van der Waals surface area contributed by atoms with Gasteiger partial charge in [-0.3, -0.25) is 4.79 Å². The minimum absolute atomic E-state index is 0.0200. The van der Waals surface area contributed by atoms with Crippen molar-refractivity contribution in [1.29, 1.82) is 0 Å². The van der Waals surface area contributed by atoms with Crippen molar-refractivity contribution < 1.29 is 14.7 Å². The Morgan fingerprint density at radius 3 is 2.75 bits per heavy atom. The molecule has 1 aromatic carbocycles. The molecule has 1 aliphatic heterocycles. The number of anilines is 2. The molecule has 3 N–H and O–H groups in total. The molecule has 0 aliphatic carbocycles. The number of fused-ring (bicyclic) bond motifs is 1. The molecule has 8 heteroatoms. The summed E-state index contributed by atoms with van der Waals surface area (Å²) in [6, 6.07) is 9.10. The van der Waals surface area contributed by atoms with Crippen LogP contribution in [0.25, 0.3) is 0 Å². The first kappa shape index (κ1) is 18.0. The van der Waals surface area contributed by atoms with Crippen molar-refractivity contribution in [2.75, 3.05) is 10.6 Å². The first-order chi connectivity index (χ1) is 13.4. The van der Waals surface area contributed by atoms with E-state index in [-0.39, 0.29) is 23.2 Å². The van der Waals surface area contributed by atoms with Crippen LogP contribution in [0.5, 0.6) is 0 Å². The van der Waals surface area contributed by atoms with Gasteiger partial charge in [0.1, 0.15) is 23.1 Å². The topological polar surface area (TPSA) is 96.3 Å². The van der Waals surface area contributed by atoms with E-state index in [1.54, 1.807) is 10.8 Å². The molecule has 1 amide bonds. The van der Waals surface area contributed by atoms with Gasteiger partial charge in [-0.05, 0) is 54.6 Å². The maximum absolute atomic E-state index is 12.8. The zero-order valence-electron chi connectivity index (χ0n) is 15.3. The molecular formula is C20H18N4O3S. The Morgan fingerprint density at radius 2 is 2.07 bits per heavy atom. The first-order valence-electron chi connectivity index (χ1n) is 8.65. The van der Waals surface area contributed by atoms with Crippen molar-refractivity contribution in [2.24, 2.45) is 0 Å². The van der Waals surface area contributed by atoms with Crippen LogP contribution >= 0.6 is 11.3 Å². The summed E-state index contributed by atoms with van der Waals surface area (Å²) in [7, 11) is 0. The average molecular weight is 394 g/mol. The lowest BCUT2D eigenvalue weighted by Crippen LogP contribution is -2.25. The monoisotopic (exact) mass is 394 g/mol. The SMILES string of the molecule is Cc1ccc(NC(=O)c2cnn3c2NC(C(=O)O)=CC3c2cccs2)cc1C. The molecule has 0 radical (unpaired) electrons. The summed E-state index contributed by atoms with van der Waals surface area (Å²) in [5, 5.41) is 21.4. The van der Waals surface area contributed by atoms with Crippen LogP contribution in [0.15, 0.2) is 53.7 Å². The van der Waals surface area contributed by atoms with Crippen LogP contribution in [0, 0.1) is 13.8 Å². The maximum atomic E-state index is 12.8. The van der Waals surface area contributed by atoms with E-state index in [1.807, 2.05) is 49.6 Å². The third-order valence-electron chi connectivity index (χ3n) is 4.71. The molecule has 0 spiro atoms. The Labute approximate surface area is 165 Å². The molecule has 1 unspecified atom stereocenters. The number of carbonyl (C=O) groups excluding carboxylic acids is 1. The minimum Gasteiger partial charge on any atom is -0.477 e. The van der Waals surface area contributed by atoms with Crippen molar-refractivity contribution in [1.82, 2.24) is 9.78 Å². The first-order valence-corrected chi connectivity index (χ1v) is 9.53.